The number of nitrogens with zero attached hydrogens (tertiary/aromatic N) is 1. The number of para-hydroxylation sites is 1. The van der Waals surface area contributed by atoms with E-state index in [0.29, 0.717) is 22.2 Å². The first kappa shape index (κ1) is 20.6. The first-order valence-electron chi connectivity index (χ1n) is 9.32. The number of nitrogens with two attached hydrogens (primary N) is 1. The topological polar surface area (TPSA) is 102 Å². The molecule has 0 atom stereocenters. The average Bonchev–Trinajstić information content (AvgIpc) is 2.72. The van der Waals surface area contributed by atoms with Crippen molar-refractivity contribution in [3.05, 3.63) is 89.7 Å². The summed E-state index contributed by atoms with van der Waals surface area (Å²) in [4.78, 5) is 17.3. The van der Waals surface area contributed by atoms with Gasteiger partial charge in [0.15, 0.2) is 0 Å². The zero-order chi connectivity index (χ0) is 22.2. The molecule has 31 heavy (non-hydrogen) atoms. The summed E-state index contributed by atoms with van der Waals surface area (Å²) >= 11 is 0. The summed E-state index contributed by atoms with van der Waals surface area (Å²) in [6.45, 7) is 1.98. The van der Waals surface area contributed by atoms with Crippen LogP contribution in [0.25, 0.3) is 22.2 Å². The minimum absolute atomic E-state index is 0.0215. The molecule has 156 valence electrons. The van der Waals surface area contributed by atoms with Gasteiger partial charge in [-0.1, -0.05) is 48.0 Å². The molecule has 0 bridgehead atoms. The molecule has 0 aliphatic heterocycles. The van der Waals surface area contributed by atoms with Crippen molar-refractivity contribution < 1.29 is 17.6 Å². The molecule has 0 spiro atoms. The fourth-order valence-corrected chi connectivity index (χ4v) is 3.80. The van der Waals surface area contributed by atoms with E-state index in [0.717, 1.165) is 29.3 Å². The minimum atomic E-state index is -4.13. The maximum atomic E-state index is 13.9. The van der Waals surface area contributed by atoms with Crippen molar-refractivity contribution >= 4 is 32.5 Å². The lowest BCUT2D eigenvalue weighted by Gasteiger charge is -2.12. The number of aromatic nitrogens is 1. The molecule has 4 rings (SSSR count). The van der Waals surface area contributed by atoms with Crippen LogP contribution < -0.4 is 10.5 Å². The van der Waals surface area contributed by atoms with Crippen LogP contribution in [0.5, 0.6) is 0 Å². The highest BCUT2D eigenvalue weighted by atomic mass is 32.2. The van der Waals surface area contributed by atoms with Crippen molar-refractivity contribution in [3.63, 3.8) is 0 Å². The molecule has 4 aromatic rings. The Bertz CT molecular complexity index is 1420. The fourth-order valence-electron chi connectivity index (χ4n) is 3.23. The number of primary sulfonamides is 1. The number of pyridine rings is 1. The molecule has 3 aromatic carbocycles. The second-order valence-corrected chi connectivity index (χ2v) is 8.67. The summed E-state index contributed by atoms with van der Waals surface area (Å²) in [5.41, 5.74) is 3.46. The van der Waals surface area contributed by atoms with Gasteiger partial charge < -0.3 is 5.32 Å². The smallest absolute Gasteiger partial charge is 0.256 e. The Balaban J connectivity index is 1.79. The standard InChI is InChI=1S/C23H18FN3O3S/c1-14-6-8-15(9-7-14)22-13-20(19-4-2-3-5-21(19)27-22)23(28)26-17-10-16(24)11-18(12-17)31(25,29)30/h2-13H,1H3,(H,26,28)(H2,25,29,30). The van der Waals surface area contributed by atoms with Gasteiger partial charge in [-0.2, -0.15) is 0 Å². The highest BCUT2D eigenvalue weighted by Crippen LogP contribution is 2.26. The maximum absolute atomic E-state index is 13.9. The largest absolute Gasteiger partial charge is 0.322 e. The molecule has 0 aliphatic carbocycles. The average molecular weight is 435 g/mol. The lowest BCUT2D eigenvalue weighted by Crippen LogP contribution is -2.16. The zero-order valence-corrected chi connectivity index (χ0v) is 17.3. The molecular formula is C23H18FN3O3S. The number of sulfonamides is 1. The molecule has 8 heteroatoms. The van der Waals surface area contributed by atoms with Crippen molar-refractivity contribution in [3.8, 4) is 11.3 Å². The zero-order valence-electron chi connectivity index (χ0n) is 16.5. The molecule has 1 heterocycles. The maximum Gasteiger partial charge on any atom is 0.256 e. The van der Waals surface area contributed by atoms with Gasteiger partial charge >= 0.3 is 0 Å². The first-order valence-corrected chi connectivity index (χ1v) is 10.9. The summed E-state index contributed by atoms with van der Waals surface area (Å²) in [5, 5.41) is 8.27. The second-order valence-electron chi connectivity index (χ2n) is 7.11. The molecule has 6 nitrogen and oxygen atoms in total. The molecule has 1 amide bonds. The van der Waals surface area contributed by atoms with E-state index in [2.05, 4.69) is 10.3 Å². The van der Waals surface area contributed by atoms with E-state index in [1.54, 1.807) is 24.3 Å². The molecule has 0 saturated carbocycles. The van der Waals surface area contributed by atoms with Crippen LogP contribution in [-0.4, -0.2) is 19.3 Å². The molecule has 0 saturated heterocycles. The number of rotatable bonds is 4. The number of aryl methyl sites for hydroxylation is 1. The molecular weight excluding hydrogens is 417 g/mol. The van der Waals surface area contributed by atoms with E-state index >= 15 is 0 Å². The third-order valence-corrected chi connectivity index (χ3v) is 5.66. The number of hydrogen-bond donors (Lipinski definition) is 2. The van der Waals surface area contributed by atoms with Gasteiger partial charge in [0.2, 0.25) is 10.0 Å². The number of fused-ring (bicyclic) bond motifs is 1. The van der Waals surface area contributed by atoms with Gasteiger partial charge in [0.25, 0.3) is 5.91 Å². The van der Waals surface area contributed by atoms with Crippen LogP contribution in [0.1, 0.15) is 15.9 Å². The number of hydrogen-bond acceptors (Lipinski definition) is 4. The molecule has 0 radical (unpaired) electrons. The Hall–Kier alpha value is -3.62. The number of carbonyl (C=O) groups is 1. The number of halogens is 1. The second kappa shape index (κ2) is 7.90. The Kier molecular flexibility index (Phi) is 5.26. The Morgan fingerprint density at radius 3 is 2.42 bits per heavy atom. The first-order chi connectivity index (χ1) is 14.7. The van der Waals surface area contributed by atoms with E-state index in [1.807, 2.05) is 37.3 Å². The monoisotopic (exact) mass is 435 g/mol. The van der Waals surface area contributed by atoms with E-state index in [1.165, 1.54) is 0 Å². The summed E-state index contributed by atoms with van der Waals surface area (Å²) < 4.78 is 37.1. The van der Waals surface area contributed by atoms with Crippen LogP contribution in [0, 0.1) is 12.7 Å². The highest BCUT2D eigenvalue weighted by molar-refractivity contribution is 7.89. The van der Waals surface area contributed by atoms with Gasteiger partial charge in [0.05, 0.1) is 21.7 Å². The number of carbonyl (C=O) groups excluding carboxylic acids is 1. The highest BCUT2D eigenvalue weighted by Gasteiger charge is 2.16. The predicted octanol–water partition coefficient (Wildman–Crippen LogP) is 4.25. The van der Waals surface area contributed by atoms with Crippen molar-refractivity contribution in [2.45, 2.75) is 11.8 Å². The van der Waals surface area contributed by atoms with Crippen LogP contribution in [0.15, 0.2) is 77.7 Å². The predicted molar refractivity (Wildman–Crippen MR) is 118 cm³/mol. The lowest BCUT2D eigenvalue weighted by molar-refractivity contribution is 0.102. The number of nitrogens with one attached hydrogen (secondary N) is 1. The summed E-state index contributed by atoms with van der Waals surface area (Å²) in [6.07, 6.45) is 0. The SMILES string of the molecule is Cc1ccc(-c2cc(C(=O)Nc3cc(F)cc(S(N)(=O)=O)c3)c3ccccc3n2)cc1. The molecule has 1 aromatic heterocycles. The molecule has 0 unspecified atom stereocenters. The third-order valence-electron chi connectivity index (χ3n) is 4.77. The number of amides is 1. The Labute approximate surface area is 178 Å². The van der Waals surface area contributed by atoms with E-state index in [9.17, 15) is 17.6 Å². The van der Waals surface area contributed by atoms with Gasteiger partial charge in [0, 0.05) is 16.6 Å². The number of anilines is 1. The quantitative estimate of drug-likeness (QED) is 0.500. The summed E-state index contributed by atoms with van der Waals surface area (Å²) in [5.74, 6) is -1.36. The summed E-state index contributed by atoms with van der Waals surface area (Å²) in [6, 6.07) is 19.5. The minimum Gasteiger partial charge on any atom is -0.322 e. The van der Waals surface area contributed by atoms with Crippen LogP contribution in [-0.2, 0) is 10.0 Å². The Morgan fingerprint density at radius 2 is 1.71 bits per heavy atom. The van der Waals surface area contributed by atoms with Gasteiger partial charge in [-0.25, -0.2) is 22.9 Å². The van der Waals surface area contributed by atoms with Crippen molar-refractivity contribution in [1.82, 2.24) is 4.98 Å². The third kappa shape index (κ3) is 4.45. The van der Waals surface area contributed by atoms with Crippen LogP contribution in [0.4, 0.5) is 10.1 Å². The van der Waals surface area contributed by atoms with Crippen LogP contribution >= 0.6 is 0 Å². The summed E-state index contributed by atoms with van der Waals surface area (Å²) in [7, 11) is -4.13. The number of benzene rings is 3. The van der Waals surface area contributed by atoms with Crippen molar-refractivity contribution in [2.24, 2.45) is 5.14 Å². The van der Waals surface area contributed by atoms with E-state index < -0.39 is 26.6 Å². The van der Waals surface area contributed by atoms with Crippen LogP contribution in [0.3, 0.4) is 0 Å². The van der Waals surface area contributed by atoms with Crippen LogP contribution in [0.2, 0.25) is 0 Å². The van der Waals surface area contributed by atoms with Crippen molar-refractivity contribution in [1.29, 1.82) is 0 Å². The van der Waals surface area contributed by atoms with Gasteiger partial charge in [-0.3, -0.25) is 4.79 Å². The van der Waals surface area contributed by atoms with Gasteiger partial charge in [-0.15, -0.1) is 0 Å². The Morgan fingerprint density at radius 1 is 1.00 bits per heavy atom. The molecule has 0 fully saturated rings. The molecule has 0 aliphatic rings. The van der Waals surface area contributed by atoms with Gasteiger partial charge in [-0.05, 0) is 37.3 Å². The lowest BCUT2D eigenvalue weighted by atomic mass is 10.0. The van der Waals surface area contributed by atoms with E-state index in [4.69, 9.17) is 5.14 Å². The molecule has 3 N–H and O–H groups in total. The van der Waals surface area contributed by atoms with Crippen molar-refractivity contribution in [2.75, 3.05) is 5.32 Å². The van der Waals surface area contributed by atoms with Gasteiger partial charge in [0.1, 0.15) is 5.82 Å². The normalized spacial score (nSPS) is 11.5. The fraction of sp³-hybridized carbons (Fsp3) is 0.0435. The van der Waals surface area contributed by atoms with E-state index in [-0.39, 0.29) is 5.69 Å².